The van der Waals surface area contributed by atoms with Crippen molar-refractivity contribution in [1.82, 2.24) is 15.2 Å². The number of hydrogen-bond acceptors (Lipinski definition) is 6. The summed E-state index contributed by atoms with van der Waals surface area (Å²) in [5.41, 5.74) is 0.933. The van der Waals surface area contributed by atoms with E-state index >= 15 is 0 Å². The van der Waals surface area contributed by atoms with Gasteiger partial charge in [0.25, 0.3) is 0 Å². The van der Waals surface area contributed by atoms with E-state index in [1.54, 1.807) is 4.90 Å². The third-order valence-electron chi connectivity index (χ3n) is 5.99. The highest BCUT2D eigenvalue weighted by Crippen LogP contribution is 2.34. The molecular weight excluding hydrogens is 484 g/mol. The molecule has 2 atom stereocenters. The van der Waals surface area contributed by atoms with E-state index in [9.17, 15) is 9.59 Å². The highest BCUT2D eigenvalue weighted by atomic mass is 35.5. The lowest BCUT2D eigenvalue weighted by Gasteiger charge is -2.38. The number of benzene rings is 2. The number of hydrazine groups is 1. The van der Waals surface area contributed by atoms with Crippen LogP contribution in [0.5, 0.6) is 5.75 Å². The number of likely N-dealkylation sites (tertiary alicyclic amines) is 1. The van der Waals surface area contributed by atoms with Crippen LogP contribution in [0.3, 0.4) is 0 Å². The Balaban J connectivity index is 1.55. The molecule has 1 aliphatic rings. The Bertz CT molecular complexity index is 964. The third-order valence-corrected chi connectivity index (χ3v) is 6.22. The van der Waals surface area contributed by atoms with Gasteiger partial charge in [0.1, 0.15) is 5.75 Å². The molecule has 36 heavy (non-hydrogen) atoms. The van der Waals surface area contributed by atoms with Gasteiger partial charge in [0.05, 0.1) is 26.4 Å². The van der Waals surface area contributed by atoms with Gasteiger partial charge in [-0.05, 0) is 42.7 Å². The number of urea groups is 1. The molecule has 1 heterocycles. The lowest BCUT2D eigenvalue weighted by Crippen LogP contribution is -2.51. The number of para-hydroxylation sites is 1. The molecule has 1 aliphatic heterocycles. The maximum absolute atomic E-state index is 13.1. The number of nitrogens with two attached hydrogens (primary N) is 1. The molecule has 3 amide bonds. The number of alkyl carbamates (subject to hydrolysis) is 1. The zero-order chi connectivity index (χ0) is 25.8. The summed E-state index contributed by atoms with van der Waals surface area (Å²) in [6, 6.07) is 16.9. The Morgan fingerprint density at radius 1 is 1.19 bits per heavy atom. The van der Waals surface area contributed by atoms with Gasteiger partial charge in [0.2, 0.25) is 0 Å². The number of nitrogens with one attached hydrogen (secondary N) is 1. The number of amides is 3. The summed E-state index contributed by atoms with van der Waals surface area (Å²) in [6.45, 7) is 2.60. The van der Waals surface area contributed by atoms with Crippen LogP contribution in [0.25, 0.3) is 0 Å². The lowest BCUT2D eigenvalue weighted by molar-refractivity contribution is -0.0107. The molecule has 0 radical (unpaired) electrons. The Morgan fingerprint density at radius 2 is 2.00 bits per heavy atom. The smallest absolute Gasteiger partial charge is 0.406 e. The summed E-state index contributed by atoms with van der Waals surface area (Å²) in [4.78, 5) is 26.2. The summed E-state index contributed by atoms with van der Waals surface area (Å²) in [6.07, 6.45) is 1.55. The number of carbonyl (C=O) groups is 2. The van der Waals surface area contributed by atoms with Crippen molar-refractivity contribution in [1.29, 1.82) is 0 Å². The predicted molar refractivity (Wildman–Crippen MR) is 138 cm³/mol. The number of halogens is 1. The molecule has 196 valence electrons. The molecule has 3 N–H and O–H groups in total. The van der Waals surface area contributed by atoms with Crippen LogP contribution in [0.15, 0.2) is 54.6 Å². The number of piperidine rings is 1. The van der Waals surface area contributed by atoms with E-state index < -0.39 is 6.09 Å². The Hall–Kier alpha value is -3.01. The number of nitrogens with zero attached hydrogens (tertiary/aromatic N) is 2. The van der Waals surface area contributed by atoms with E-state index in [4.69, 9.17) is 26.9 Å². The van der Waals surface area contributed by atoms with Crippen molar-refractivity contribution < 1.29 is 23.8 Å². The second kappa shape index (κ2) is 14.5. The van der Waals surface area contributed by atoms with Crippen LogP contribution in [0.4, 0.5) is 9.59 Å². The molecule has 0 bridgehead atoms. The fourth-order valence-electron chi connectivity index (χ4n) is 4.25. The van der Waals surface area contributed by atoms with Gasteiger partial charge in [-0.2, -0.15) is 0 Å². The first-order chi connectivity index (χ1) is 17.5. The van der Waals surface area contributed by atoms with Gasteiger partial charge in [0.15, 0.2) is 0 Å². The van der Waals surface area contributed by atoms with Crippen molar-refractivity contribution in [3.8, 4) is 5.75 Å². The second-order valence-electron chi connectivity index (χ2n) is 8.60. The van der Waals surface area contributed by atoms with Gasteiger partial charge in [0, 0.05) is 43.5 Å². The number of rotatable bonds is 11. The third kappa shape index (κ3) is 8.58. The van der Waals surface area contributed by atoms with E-state index in [2.05, 4.69) is 10.1 Å². The van der Waals surface area contributed by atoms with E-state index in [-0.39, 0.29) is 18.1 Å². The molecule has 2 aromatic rings. The van der Waals surface area contributed by atoms with E-state index in [1.807, 2.05) is 54.6 Å². The first kappa shape index (κ1) is 27.6. The first-order valence-electron chi connectivity index (χ1n) is 12.2. The Kier molecular flexibility index (Phi) is 11.1. The number of ether oxygens (including phenoxy) is 3. The molecule has 10 heteroatoms. The maximum Gasteiger partial charge on any atom is 0.406 e. The predicted octanol–water partition coefficient (Wildman–Crippen LogP) is 4.23. The second-order valence-corrected chi connectivity index (χ2v) is 9.04. The fourth-order valence-corrected chi connectivity index (χ4v) is 4.45. The molecule has 2 unspecified atom stereocenters. The standard InChI is InChI=1S/C26H35ClN4O5/c1-34-25(32)29-13-17-36-24(20-8-5-10-22(27)18-20)21-9-6-14-30(19-21)26(33)31(28)15-7-16-35-23-11-3-2-4-12-23/h2-5,8,10-12,18,21,24H,6-7,9,13-17,19,28H2,1H3,(H,29,32). The van der Waals surface area contributed by atoms with Gasteiger partial charge >= 0.3 is 12.1 Å². The van der Waals surface area contributed by atoms with Crippen LogP contribution in [0, 0.1) is 5.92 Å². The summed E-state index contributed by atoms with van der Waals surface area (Å²) >= 11 is 6.24. The molecule has 2 aromatic carbocycles. The van der Waals surface area contributed by atoms with E-state index in [1.165, 1.54) is 12.1 Å². The van der Waals surface area contributed by atoms with Crippen LogP contribution >= 0.6 is 11.6 Å². The summed E-state index contributed by atoms with van der Waals surface area (Å²) in [7, 11) is 1.32. The Morgan fingerprint density at radius 3 is 2.75 bits per heavy atom. The molecule has 0 aromatic heterocycles. The van der Waals surface area contributed by atoms with Gasteiger partial charge in [-0.25, -0.2) is 15.4 Å². The average Bonchev–Trinajstić information content (AvgIpc) is 2.91. The summed E-state index contributed by atoms with van der Waals surface area (Å²) in [5, 5.41) is 4.49. The van der Waals surface area contributed by atoms with Gasteiger partial charge in [-0.15, -0.1) is 0 Å². The molecule has 3 rings (SSSR count). The van der Waals surface area contributed by atoms with E-state index in [0.29, 0.717) is 50.8 Å². The SMILES string of the molecule is COC(=O)NCCOC(c1cccc(Cl)c1)C1CCCN(C(=O)N(N)CCCOc2ccccc2)C1. The first-order valence-corrected chi connectivity index (χ1v) is 12.5. The molecule has 9 nitrogen and oxygen atoms in total. The number of carbonyl (C=O) groups excluding carboxylic acids is 2. The minimum atomic E-state index is -0.510. The molecule has 0 spiro atoms. The zero-order valence-corrected chi connectivity index (χ0v) is 21.4. The van der Waals surface area contributed by atoms with Crippen LogP contribution < -0.4 is 15.9 Å². The minimum Gasteiger partial charge on any atom is -0.494 e. The normalized spacial score (nSPS) is 16.2. The highest BCUT2D eigenvalue weighted by molar-refractivity contribution is 6.30. The van der Waals surface area contributed by atoms with Crippen LogP contribution in [0.2, 0.25) is 5.02 Å². The summed E-state index contributed by atoms with van der Waals surface area (Å²) in [5.74, 6) is 6.95. The highest BCUT2D eigenvalue weighted by Gasteiger charge is 2.32. The monoisotopic (exact) mass is 518 g/mol. The van der Waals surface area contributed by atoms with Crippen molar-refractivity contribution in [2.24, 2.45) is 11.8 Å². The maximum atomic E-state index is 13.1. The molecule has 1 fully saturated rings. The van der Waals surface area contributed by atoms with Crippen molar-refractivity contribution in [2.45, 2.75) is 25.4 Å². The minimum absolute atomic E-state index is 0.0501. The number of hydrogen-bond donors (Lipinski definition) is 2. The average molecular weight is 519 g/mol. The largest absolute Gasteiger partial charge is 0.494 e. The van der Waals surface area contributed by atoms with Crippen molar-refractivity contribution in [3.63, 3.8) is 0 Å². The van der Waals surface area contributed by atoms with Crippen LogP contribution in [-0.4, -0.2) is 68.5 Å². The van der Waals surface area contributed by atoms with Crippen LogP contribution in [0.1, 0.15) is 30.9 Å². The zero-order valence-electron chi connectivity index (χ0n) is 20.6. The topological polar surface area (TPSA) is 106 Å². The quantitative estimate of drug-likeness (QED) is 0.199. The molecule has 1 saturated heterocycles. The van der Waals surface area contributed by atoms with Crippen molar-refractivity contribution in [2.75, 3.05) is 46.5 Å². The van der Waals surface area contributed by atoms with Crippen molar-refractivity contribution in [3.05, 3.63) is 65.2 Å². The van der Waals surface area contributed by atoms with E-state index in [0.717, 1.165) is 24.2 Å². The van der Waals surface area contributed by atoms with Crippen molar-refractivity contribution >= 4 is 23.7 Å². The van der Waals surface area contributed by atoms with Gasteiger partial charge in [-0.3, -0.25) is 5.01 Å². The summed E-state index contributed by atoms with van der Waals surface area (Å²) < 4.78 is 16.5. The lowest BCUT2D eigenvalue weighted by atomic mass is 9.88. The molecule has 0 saturated carbocycles. The molecule has 0 aliphatic carbocycles. The number of methoxy groups -OCH3 is 1. The van der Waals surface area contributed by atoms with Gasteiger partial charge in [-0.1, -0.05) is 41.9 Å². The molecular formula is C26H35ClN4O5. The fraction of sp³-hybridized carbons (Fsp3) is 0.462. The van der Waals surface area contributed by atoms with Gasteiger partial charge < -0.3 is 24.4 Å². The Labute approximate surface area is 217 Å². The van der Waals surface area contributed by atoms with Crippen LogP contribution in [-0.2, 0) is 9.47 Å².